The van der Waals surface area contributed by atoms with E-state index in [0.717, 1.165) is 27.5 Å². The Morgan fingerprint density at radius 1 is 1.12 bits per heavy atom. The summed E-state index contributed by atoms with van der Waals surface area (Å²) in [6, 6.07) is 9.12. The summed E-state index contributed by atoms with van der Waals surface area (Å²) in [5, 5.41) is 11.4. The maximum Gasteiger partial charge on any atom is 0.335 e. The summed E-state index contributed by atoms with van der Waals surface area (Å²) in [7, 11) is 0. The lowest BCUT2D eigenvalue weighted by Gasteiger charge is -2.25. The van der Waals surface area contributed by atoms with Crippen LogP contribution in [-0.4, -0.2) is 38.4 Å². The van der Waals surface area contributed by atoms with Crippen LogP contribution in [0.15, 0.2) is 52.7 Å². The monoisotopic (exact) mass is 447 g/mol. The van der Waals surface area contributed by atoms with Gasteiger partial charge in [0.2, 0.25) is 0 Å². The first kappa shape index (κ1) is 21.8. The van der Waals surface area contributed by atoms with Crippen molar-refractivity contribution in [1.82, 2.24) is 14.8 Å². The number of nitrogens with zero attached hydrogens (tertiary/aromatic N) is 2. The van der Waals surface area contributed by atoms with E-state index in [1.165, 1.54) is 18.4 Å². The van der Waals surface area contributed by atoms with Crippen LogP contribution < -0.4 is 5.32 Å². The Bertz CT molecular complexity index is 1330. The molecule has 0 atom stereocenters. The van der Waals surface area contributed by atoms with Gasteiger partial charge in [-0.05, 0) is 74.4 Å². The molecular weight excluding hydrogens is 426 g/mol. The molecule has 2 N–H and O–H groups in total. The van der Waals surface area contributed by atoms with Crippen LogP contribution in [0.25, 0.3) is 11.8 Å². The highest BCUT2D eigenvalue weighted by molar-refractivity contribution is 6.31. The number of carbonyl (C=O) groups is 4. The molecule has 0 radical (unpaired) electrons. The van der Waals surface area contributed by atoms with Gasteiger partial charge < -0.3 is 14.1 Å². The number of aryl methyl sites for hydroxylation is 2. The summed E-state index contributed by atoms with van der Waals surface area (Å²) in [4.78, 5) is 49.8. The lowest BCUT2D eigenvalue weighted by atomic mass is 10.1. The second-order valence-electron chi connectivity index (χ2n) is 7.76. The second kappa shape index (κ2) is 8.27. The Balaban J connectivity index is 1.72. The number of amides is 4. The number of imide groups is 2. The number of hydrogen-bond acceptors (Lipinski definition) is 5. The van der Waals surface area contributed by atoms with Gasteiger partial charge in [-0.1, -0.05) is 0 Å². The van der Waals surface area contributed by atoms with Crippen molar-refractivity contribution in [1.29, 1.82) is 0 Å². The Kier molecular flexibility index (Phi) is 5.47. The normalized spacial score (nSPS) is 15.3. The third-order valence-electron chi connectivity index (χ3n) is 5.53. The first-order chi connectivity index (χ1) is 15.7. The summed E-state index contributed by atoms with van der Waals surface area (Å²) in [6.45, 7) is 5.42. The molecule has 4 amide bonds. The maximum atomic E-state index is 13.0. The van der Waals surface area contributed by atoms with Gasteiger partial charge >= 0.3 is 12.0 Å². The topological polar surface area (TPSA) is 122 Å². The minimum Gasteiger partial charge on any atom is -0.478 e. The maximum absolute atomic E-state index is 13.0. The second-order valence-corrected chi connectivity index (χ2v) is 7.76. The minimum absolute atomic E-state index is 0.101. The van der Waals surface area contributed by atoms with E-state index in [4.69, 9.17) is 4.42 Å². The van der Waals surface area contributed by atoms with Crippen molar-refractivity contribution in [2.75, 3.05) is 0 Å². The van der Waals surface area contributed by atoms with Crippen LogP contribution in [0.4, 0.5) is 4.79 Å². The largest absolute Gasteiger partial charge is 0.478 e. The zero-order valence-electron chi connectivity index (χ0n) is 18.2. The molecule has 0 unspecified atom stereocenters. The standard InChI is InChI=1S/C24H21N3O6/c1-13-9-16(23(30)31)6-7-20(13)27-14(2)10-17(15(27)3)11-19-21(28)25-24(32)26(22(19)29)12-18-5-4-8-33-18/h4-11H,12H2,1-3H3,(H,30,31)(H,25,28,32)/b19-11+. The Morgan fingerprint density at radius 3 is 2.52 bits per heavy atom. The SMILES string of the molecule is Cc1cc(C(=O)O)ccc1-n1c(C)cc(/C=C2\C(=O)NC(=O)N(Cc3ccco3)C2=O)c1C. The zero-order chi connectivity index (χ0) is 23.9. The van der Waals surface area contributed by atoms with E-state index in [1.807, 2.05) is 31.4 Å². The van der Waals surface area contributed by atoms with Gasteiger partial charge in [0, 0.05) is 17.1 Å². The predicted octanol–water partition coefficient (Wildman–Crippen LogP) is 3.36. The van der Waals surface area contributed by atoms with Crippen LogP contribution in [0, 0.1) is 20.8 Å². The molecule has 1 saturated heterocycles. The van der Waals surface area contributed by atoms with Crippen molar-refractivity contribution in [2.24, 2.45) is 0 Å². The van der Waals surface area contributed by atoms with Gasteiger partial charge in [-0.2, -0.15) is 0 Å². The molecule has 0 spiro atoms. The van der Waals surface area contributed by atoms with Crippen LogP contribution in [0.1, 0.15) is 38.6 Å². The van der Waals surface area contributed by atoms with Crippen molar-refractivity contribution < 1.29 is 28.7 Å². The van der Waals surface area contributed by atoms with Crippen LogP contribution in [-0.2, 0) is 16.1 Å². The molecule has 33 heavy (non-hydrogen) atoms. The number of nitrogens with one attached hydrogen (secondary N) is 1. The van der Waals surface area contributed by atoms with Crippen LogP contribution in [0.5, 0.6) is 0 Å². The number of carboxylic acids is 1. The number of carboxylic acid groups (broad SMARTS) is 1. The van der Waals surface area contributed by atoms with Gasteiger partial charge in [0.15, 0.2) is 0 Å². The molecule has 4 rings (SSSR count). The van der Waals surface area contributed by atoms with Crippen molar-refractivity contribution >= 4 is 29.9 Å². The van der Waals surface area contributed by atoms with E-state index in [0.29, 0.717) is 11.3 Å². The highest BCUT2D eigenvalue weighted by Gasteiger charge is 2.36. The van der Waals surface area contributed by atoms with E-state index in [1.54, 1.807) is 24.3 Å². The molecule has 168 valence electrons. The summed E-state index contributed by atoms with van der Waals surface area (Å²) in [5.41, 5.74) is 3.77. The van der Waals surface area contributed by atoms with Gasteiger partial charge in [0.05, 0.1) is 18.4 Å². The summed E-state index contributed by atoms with van der Waals surface area (Å²) in [5.74, 6) is -2.09. The molecule has 1 aliphatic heterocycles. The van der Waals surface area contributed by atoms with Crippen molar-refractivity contribution in [3.05, 3.63) is 82.1 Å². The number of rotatable bonds is 5. The van der Waals surface area contributed by atoms with Gasteiger partial charge in [-0.3, -0.25) is 19.8 Å². The lowest BCUT2D eigenvalue weighted by Crippen LogP contribution is -2.53. The van der Waals surface area contributed by atoms with Gasteiger partial charge in [-0.25, -0.2) is 9.59 Å². The average molecular weight is 447 g/mol. The number of hydrogen-bond donors (Lipinski definition) is 2. The van der Waals surface area contributed by atoms with Crippen LogP contribution in [0.2, 0.25) is 0 Å². The van der Waals surface area contributed by atoms with Gasteiger partial charge in [0.1, 0.15) is 11.3 Å². The molecule has 0 saturated carbocycles. The Hall–Kier alpha value is -4.40. The van der Waals surface area contributed by atoms with E-state index >= 15 is 0 Å². The molecular formula is C24H21N3O6. The number of furan rings is 1. The molecule has 1 fully saturated rings. The third kappa shape index (κ3) is 3.96. The van der Waals surface area contributed by atoms with Crippen molar-refractivity contribution in [2.45, 2.75) is 27.3 Å². The Morgan fingerprint density at radius 2 is 1.88 bits per heavy atom. The van der Waals surface area contributed by atoms with E-state index in [-0.39, 0.29) is 17.7 Å². The van der Waals surface area contributed by atoms with Crippen LogP contribution in [0.3, 0.4) is 0 Å². The van der Waals surface area contributed by atoms with Crippen LogP contribution >= 0.6 is 0 Å². The summed E-state index contributed by atoms with van der Waals surface area (Å²) >= 11 is 0. The molecule has 9 heteroatoms. The minimum atomic E-state index is -1.01. The molecule has 3 aromatic rings. The van der Waals surface area contributed by atoms with Gasteiger partial charge in [-0.15, -0.1) is 0 Å². The molecule has 2 aromatic heterocycles. The number of aromatic carboxylic acids is 1. The molecule has 3 heterocycles. The first-order valence-corrected chi connectivity index (χ1v) is 10.1. The number of aromatic nitrogens is 1. The zero-order valence-corrected chi connectivity index (χ0v) is 18.2. The number of carbonyl (C=O) groups excluding carboxylic acids is 3. The fourth-order valence-corrected chi connectivity index (χ4v) is 3.90. The Labute approximate surface area is 188 Å². The fourth-order valence-electron chi connectivity index (χ4n) is 3.90. The molecule has 0 aliphatic carbocycles. The van der Waals surface area contributed by atoms with E-state index < -0.39 is 23.8 Å². The molecule has 1 aliphatic rings. The molecule has 0 bridgehead atoms. The quantitative estimate of drug-likeness (QED) is 0.457. The van der Waals surface area contributed by atoms with E-state index in [9.17, 15) is 24.3 Å². The number of barbiturate groups is 1. The predicted molar refractivity (Wildman–Crippen MR) is 118 cm³/mol. The highest BCUT2D eigenvalue weighted by Crippen LogP contribution is 2.27. The smallest absolute Gasteiger partial charge is 0.335 e. The summed E-state index contributed by atoms with van der Waals surface area (Å²) in [6.07, 6.45) is 2.89. The first-order valence-electron chi connectivity index (χ1n) is 10.1. The van der Waals surface area contributed by atoms with Crippen molar-refractivity contribution in [3.8, 4) is 5.69 Å². The number of benzene rings is 1. The lowest BCUT2D eigenvalue weighted by molar-refractivity contribution is -0.130. The van der Waals surface area contributed by atoms with E-state index in [2.05, 4.69) is 5.32 Å². The average Bonchev–Trinajstić information content (AvgIpc) is 3.36. The van der Waals surface area contributed by atoms with Gasteiger partial charge in [0.25, 0.3) is 11.8 Å². The highest BCUT2D eigenvalue weighted by atomic mass is 16.4. The fraction of sp³-hybridized carbons (Fsp3) is 0.167. The summed E-state index contributed by atoms with van der Waals surface area (Å²) < 4.78 is 7.14. The van der Waals surface area contributed by atoms with Crippen molar-refractivity contribution in [3.63, 3.8) is 0 Å². The molecule has 9 nitrogen and oxygen atoms in total. The molecule has 1 aromatic carbocycles. The number of urea groups is 1. The third-order valence-corrected chi connectivity index (χ3v) is 5.53.